The number of aliphatic hydroxyl groups is 2. The smallest absolute Gasteiger partial charge is 0.312 e. The molecule has 20 heteroatoms. The zero-order valence-corrected chi connectivity index (χ0v) is 82.4. The monoisotopic (exact) mass is 1740 g/mol. The summed E-state index contributed by atoms with van der Waals surface area (Å²) in [6.45, 7) is 52.4. The van der Waals surface area contributed by atoms with Crippen molar-refractivity contribution in [3.8, 4) is 0 Å². The van der Waals surface area contributed by atoms with Crippen molar-refractivity contribution in [2.24, 2.45) is 120 Å². The van der Waals surface area contributed by atoms with E-state index in [9.17, 15) is 53.4 Å². The first-order valence-electron chi connectivity index (χ1n) is 49.8. The van der Waals surface area contributed by atoms with Gasteiger partial charge in [0.1, 0.15) is 52.9 Å². The fourth-order valence-electron chi connectivity index (χ4n) is 25.2. The van der Waals surface area contributed by atoms with E-state index < -0.39 is 32.9 Å². The summed E-state index contributed by atoms with van der Waals surface area (Å²) >= 11 is 0. The molecule has 2 heterocycles. The molecule has 17 unspecified atom stereocenters. The number of cyclic esters (lactones) is 1. The molecular weight excluding hydrogens is 1570 g/mol. The van der Waals surface area contributed by atoms with Gasteiger partial charge in [0, 0.05) is 36.0 Å². The topological polar surface area (TPSA) is 277 Å². The van der Waals surface area contributed by atoms with E-state index in [0.29, 0.717) is 60.7 Å². The Morgan fingerprint density at radius 1 is 0.403 bits per heavy atom. The van der Waals surface area contributed by atoms with Crippen LogP contribution in [0.3, 0.4) is 0 Å². The fourth-order valence-corrected chi connectivity index (χ4v) is 25.2. The van der Waals surface area contributed by atoms with E-state index in [4.69, 9.17) is 42.6 Å². The van der Waals surface area contributed by atoms with Gasteiger partial charge in [-0.25, -0.2) is 0 Å². The molecule has 0 amide bonds. The van der Waals surface area contributed by atoms with E-state index in [0.717, 1.165) is 177 Å². The number of fused-ring (bicyclic) bond motifs is 10. The first-order valence-corrected chi connectivity index (χ1v) is 49.8. The standard InChI is InChI=1S/C20H32O2.2C16H26O3.C15H28O2.C14H20O4.C13H24O2.C10H16O4/c1-5-19(3,4)18(21)22-20(6-2)11-14-10-15(20)17-13-8-7-12(9-13)16(14)17;2*1-4-14(2,3)13(17)19-16-8-11-5-12(9-16)7-15(18,6-11)10-16;1-7-14(5,6)12(16)17-15(13(2,3)4)10-8-9-11-15;1-4-14(2,3)13(16)18-10-7-5-8-9(6-7)12(15)17-11(8)10;1-5-12(3,4)11(14)15-13(6-2)9-7-8-10-13;1-4-10(2,3)9(12)14-7-5-8(11)13-6-7/h12-17H,5-11H2,1-4H3;2*11-12,18H,4-10H2,1-3H3;7-11H2,1-6H3;7-11H,4-6H2,1-3H3;5-10H2,1-4H3;7H,4-6H2,1-3H3. The van der Waals surface area contributed by atoms with Gasteiger partial charge in [-0.1, -0.05) is 83.1 Å². The van der Waals surface area contributed by atoms with Crippen LogP contribution in [-0.2, 0) is 85.8 Å². The fraction of sp³-hybridized carbons (Fsp3) is 0.913. The minimum absolute atomic E-state index is 0.0197. The number of hydrogen-bond acceptors (Lipinski definition) is 20. The molecule has 124 heavy (non-hydrogen) atoms. The Morgan fingerprint density at radius 2 is 0.798 bits per heavy atom. The average molecular weight is 1740 g/mol. The quantitative estimate of drug-likeness (QED) is 0.0546. The molecule has 18 rings (SSSR count). The summed E-state index contributed by atoms with van der Waals surface area (Å²) in [5.74, 6) is 7.32. The summed E-state index contributed by atoms with van der Waals surface area (Å²) in [6.07, 6.45) is 35.9. The number of carbonyl (C=O) groups is 9. The maximum absolute atomic E-state index is 12.7. The Kier molecular flexibility index (Phi) is 30.9. The largest absolute Gasteiger partial charge is 0.462 e. The van der Waals surface area contributed by atoms with Crippen LogP contribution < -0.4 is 0 Å². The predicted molar refractivity (Wildman–Crippen MR) is 478 cm³/mol. The maximum Gasteiger partial charge on any atom is 0.312 e. The van der Waals surface area contributed by atoms with Gasteiger partial charge in [-0.15, -0.1) is 0 Å². The van der Waals surface area contributed by atoms with Crippen LogP contribution in [0.4, 0.5) is 0 Å². The van der Waals surface area contributed by atoms with E-state index in [1.807, 2.05) is 138 Å². The van der Waals surface area contributed by atoms with Gasteiger partial charge < -0.3 is 52.8 Å². The van der Waals surface area contributed by atoms with Crippen molar-refractivity contribution in [2.45, 2.75) is 475 Å². The first kappa shape index (κ1) is 101. The summed E-state index contributed by atoms with van der Waals surface area (Å²) in [6, 6.07) is 0. The third-order valence-corrected chi connectivity index (χ3v) is 35.7. The molecule has 0 radical (unpaired) electrons. The Bertz CT molecular complexity index is 3650. The molecule has 0 aromatic carbocycles. The highest BCUT2D eigenvalue weighted by atomic mass is 16.6. The third kappa shape index (κ3) is 21.8. The third-order valence-electron chi connectivity index (χ3n) is 35.7. The van der Waals surface area contributed by atoms with Crippen LogP contribution in [0.25, 0.3) is 0 Å². The second kappa shape index (κ2) is 37.8. The number of carbonyl (C=O) groups excluding carboxylic acids is 9. The molecule has 16 aliphatic carbocycles. The van der Waals surface area contributed by atoms with Crippen LogP contribution >= 0.6 is 0 Å². The minimum Gasteiger partial charge on any atom is -0.462 e. The molecule has 18 fully saturated rings. The molecule has 2 aliphatic heterocycles. The Labute approximate surface area is 747 Å². The van der Waals surface area contributed by atoms with E-state index in [-0.39, 0.29) is 141 Å². The number of ether oxygens (including phenoxy) is 9. The van der Waals surface area contributed by atoms with Crippen molar-refractivity contribution in [2.75, 3.05) is 6.61 Å². The molecule has 2 saturated heterocycles. The zero-order chi connectivity index (χ0) is 92.2. The predicted octanol–water partition coefficient (Wildman–Crippen LogP) is 22.1. The van der Waals surface area contributed by atoms with E-state index >= 15 is 0 Å². The van der Waals surface area contributed by atoms with Gasteiger partial charge in [0.25, 0.3) is 0 Å². The van der Waals surface area contributed by atoms with Crippen molar-refractivity contribution in [3.63, 3.8) is 0 Å². The number of rotatable bonds is 23. The van der Waals surface area contributed by atoms with Crippen LogP contribution in [0.2, 0.25) is 0 Å². The molecular formula is C104H172O20. The van der Waals surface area contributed by atoms with Gasteiger partial charge in [0.2, 0.25) is 0 Å². The lowest BCUT2D eigenvalue weighted by molar-refractivity contribution is -0.226. The number of hydrogen-bond donors (Lipinski definition) is 2. The minimum atomic E-state index is -0.555. The zero-order valence-electron chi connectivity index (χ0n) is 82.4. The molecule has 2 N–H and O–H groups in total. The van der Waals surface area contributed by atoms with Gasteiger partial charge >= 0.3 is 53.7 Å². The molecule has 17 atom stereocenters. The van der Waals surface area contributed by atoms with Crippen molar-refractivity contribution < 1.29 is 96.0 Å². The van der Waals surface area contributed by atoms with Crippen LogP contribution in [0.5, 0.6) is 0 Å². The van der Waals surface area contributed by atoms with Gasteiger partial charge in [-0.2, -0.15) is 0 Å². The lowest BCUT2D eigenvalue weighted by Crippen LogP contribution is -2.61. The van der Waals surface area contributed by atoms with Crippen molar-refractivity contribution in [3.05, 3.63) is 0 Å². The lowest BCUT2D eigenvalue weighted by atomic mass is 9.52. The molecule has 708 valence electrons. The summed E-state index contributed by atoms with van der Waals surface area (Å²) in [5.41, 5.74) is -5.08. The summed E-state index contributed by atoms with van der Waals surface area (Å²) in [7, 11) is 0. The molecule has 16 saturated carbocycles. The Balaban J connectivity index is 0.000000152. The van der Waals surface area contributed by atoms with Crippen LogP contribution in [0.15, 0.2) is 0 Å². The van der Waals surface area contributed by atoms with Gasteiger partial charge in [-0.3, -0.25) is 43.2 Å². The highest BCUT2D eigenvalue weighted by Gasteiger charge is 2.69. The first-order chi connectivity index (χ1) is 57.4. The Hall–Kier alpha value is -4.85. The molecule has 0 aromatic heterocycles. The summed E-state index contributed by atoms with van der Waals surface area (Å²) in [5, 5.41) is 21.3. The molecule has 0 aromatic rings. The maximum atomic E-state index is 12.7. The molecule has 18 aliphatic rings. The van der Waals surface area contributed by atoms with Crippen molar-refractivity contribution in [1.29, 1.82) is 0 Å². The highest BCUT2D eigenvalue weighted by Crippen LogP contribution is 2.71. The molecule has 0 spiro atoms. The highest BCUT2D eigenvalue weighted by molar-refractivity contribution is 5.81. The van der Waals surface area contributed by atoms with Crippen molar-refractivity contribution in [1.82, 2.24) is 0 Å². The van der Waals surface area contributed by atoms with Gasteiger partial charge in [-0.05, 0) is 369 Å². The average Bonchev–Trinajstić information content (AvgIpc) is 1.53. The van der Waals surface area contributed by atoms with Crippen molar-refractivity contribution >= 4 is 53.7 Å². The molecule has 20 nitrogen and oxygen atoms in total. The van der Waals surface area contributed by atoms with E-state index in [1.165, 1.54) is 64.2 Å². The molecule has 14 bridgehead atoms. The van der Waals surface area contributed by atoms with Gasteiger partial charge in [0.05, 0.1) is 61.4 Å². The Morgan fingerprint density at radius 3 is 1.19 bits per heavy atom. The SMILES string of the molecule is CCC(C)(C)C(=O)OC1(C(C)(C)C)CCCC1.CCC(C)(C)C(=O)OC1(CC)CC2CC1C1C3CCC(C3)C21.CCC(C)(C)C(=O)OC12CC3CC(CC(O)(C3)C1)C2.CCC(C)(C)C(=O)OC12CC3CC(CC(O)(C3)C1)C2.CCC(C)(C)C(=O)OC1C2CC3C(=O)OC1C3C2.CCC(C)(C)C(=O)OC1COC(=O)C1.CCC1(OC(=O)C(C)(C)CC)CCCC1. The van der Waals surface area contributed by atoms with Gasteiger partial charge in [0.15, 0.2) is 0 Å². The second-order valence-corrected chi connectivity index (χ2v) is 48.4. The lowest BCUT2D eigenvalue weighted by Gasteiger charge is -2.59. The van der Waals surface area contributed by atoms with Crippen LogP contribution in [0.1, 0.15) is 418 Å². The summed E-state index contributed by atoms with van der Waals surface area (Å²) in [4.78, 5) is 108. The van der Waals surface area contributed by atoms with Crippen LogP contribution in [0, 0.1) is 120 Å². The second-order valence-electron chi connectivity index (χ2n) is 48.4. The van der Waals surface area contributed by atoms with Crippen LogP contribution in [-0.4, -0.2) is 128 Å². The van der Waals surface area contributed by atoms with E-state index in [2.05, 4.69) is 41.5 Å². The summed E-state index contributed by atoms with van der Waals surface area (Å²) < 4.78 is 50.9. The normalized spacial score (nSPS) is 35.9. The van der Waals surface area contributed by atoms with E-state index in [1.54, 1.807) is 0 Å². The number of esters is 9.